The third-order valence-corrected chi connectivity index (χ3v) is 5.57. The Bertz CT molecular complexity index is 1200. The molecular weight excluding hydrogens is 398 g/mol. The topological polar surface area (TPSA) is 86.7 Å². The predicted molar refractivity (Wildman–Crippen MR) is 110 cm³/mol. The van der Waals surface area contributed by atoms with Crippen LogP contribution in [0.4, 0.5) is 20.3 Å². The molecule has 0 amide bonds. The SMILES string of the molecule is C=Nc1[nH]c(C)cc1C(=NC)c1ccc(NS(=O)(=O)c2ccc(F)cc2)cc1F. The van der Waals surface area contributed by atoms with Gasteiger partial charge < -0.3 is 4.98 Å². The quantitative estimate of drug-likeness (QED) is 0.590. The van der Waals surface area contributed by atoms with Gasteiger partial charge in [0, 0.05) is 23.9 Å². The first-order chi connectivity index (χ1) is 13.7. The minimum absolute atomic E-state index is 0.0262. The molecule has 2 N–H and O–H groups in total. The Labute approximate surface area is 167 Å². The molecule has 29 heavy (non-hydrogen) atoms. The van der Waals surface area contributed by atoms with Gasteiger partial charge in [0.05, 0.1) is 16.3 Å². The van der Waals surface area contributed by atoms with Crippen molar-refractivity contribution in [2.24, 2.45) is 9.98 Å². The molecule has 0 aliphatic heterocycles. The van der Waals surface area contributed by atoms with Gasteiger partial charge in [-0.15, -0.1) is 0 Å². The van der Waals surface area contributed by atoms with E-state index >= 15 is 0 Å². The molecule has 1 aromatic heterocycles. The lowest BCUT2D eigenvalue weighted by Crippen LogP contribution is -2.14. The van der Waals surface area contributed by atoms with E-state index in [1.807, 2.05) is 6.92 Å². The summed E-state index contributed by atoms with van der Waals surface area (Å²) in [5, 5.41) is 0. The summed E-state index contributed by atoms with van der Waals surface area (Å²) >= 11 is 0. The number of H-pyrrole nitrogens is 1. The molecule has 6 nitrogen and oxygen atoms in total. The van der Waals surface area contributed by atoms with Crippen LogP contribution in [-0.4, -0.2) is 32.9 Å². The Morgan fingerprint density at radius 2 is 1.76 bits per heavy atom. The minimum atomic E-state index is -3.99. The number of benzene rings is 2. The monoisotopic (exact) mass is 416 g/mol. The summed E-state index contributed by atoms with van der Waals surface area (Å²) < 4.78 is 54.9. The number of nitrogens with one attached hydrogen (secondary N) is 2. The van der Waals surface area contributed by atoms with Crippen LogP contribution in [0, 0.1) is 18.6 Å². The van der Waals surface area contributed by atoms with Crippen molar-refractivity contribution in [3.05, 3.63) is 77.0 Å². The van der Waals surface area contributed by atoms with E-state index in [9.17, 15) is 17.2 Å². The molecule has 0 atom stereocenters. The van der Waals surface area contributed by atoms with E-state index in [0.717, 1.165) is 36.0 Å². The molecule has 0 unspecified atom stereocenters. The van der Waals surface area contributed by atoms with Gasteiger partial charge in [-0.2, -0.15) is 0 Å². The molecule has 0 saturated carbocycles. The maximum absolute atomic E-state index is 14.8. The number of halogens is 2. The largest absolute Gasteiger partial charge is 0.344 e. The van der Waals surface area contributed by atoms with Gasteiger partial charge in [-0.1, -0.05) is 0 Å². The first-order valence-electron chi connectivity index (χ1n) is 8.47. The lowest BCUT2D eigenvalue weighted by molar-refractivity contribution is 0.599. The molecule has 0 aliphatic carbocycles. The van der Waals surface area contributed by atoms with Crippen molar-refractivity contribution >= 4 is 34.0 Å². The number of anilines is 1. The van der Waals surface area contributed by atoms with Crippen LogP contribution in [0.1, 0.15) is 16.8 Å². The van der Waals surface area contributed by atoms with E-state index in [1.165, 1.54) is 19.2 Å². The first kappa shape index (κ1) is 20.4. The molecule has 0 bridgehead atoms. The van der Waals surface area contributed by atoms with Crippen molar-refractivity contribution in [2.45, 2.75) is 11.8 Å². The van der Waals surface area contributed by atoms with Gasteiger partial charge in [0.15, 0.2) is 0 Å². The summed E-state index contributed by atoms with van der Waals surface area (Å²) in [6.07, 6.45) is 0. The number of sulfonamides is 1. The Hall–Kier alpha value is -3.33. The molecule has 3 rings (SSSR count). The Kier molecular flexibility index (Phi) is 5.60. The zero-order chi connectivity index (χ0) is 21.2. The molecule has 3 aromatic rings. The molecule has 0 spiro atoms. The predicted octanol–water partition coefficient (Wildman–Crippen LogP) is 4.20. The maximum atomic E-state index is 14.8. The van der Waals surface area contributed by atoms with E-state index in [1.54, 1.807) is 6.07 Å². The highest BCUT2D eigenvalue weighted by Gasteiger charge is 2.19. The van der Waals surface area contributed by atoms with Crippen LogP contribution in [0.5, 0.6) is 0 Å². The second kappa shape index (κ2) is 7.96. The van der Waals surface area contributed by atoms with Crippen molar-refractivity contribution in [1.29, 1.82) is 0 Å². The van der Waals surface area contributed by atoms with Crippen molar-refractivity contribution in [1.82, 2.24) is 4.98 Å². The van der Waals surface area contributed by atoms with Crippen LogP contribution in [0.3, 0.4) is 0 Å². The number of hydrogen-bond acceptors (Lipinski definition) is 4. The summed E-state index contributed by atoms with van der Waals surface area (Å²) in [4.78, 5) is 10.9. The molecule has 2 aromatic carbocycles. The van der Waals surface area contributed by atoms with Crippen LogP contribution < -0.4 is 4.72 Å². The summed E-state index contributed by atoms with van der Waals surface area (Å²) in [7, 11) is -2.46. The van der Waals surface area contributed by atoms with Crippen molar-refractivity contribution in [3.63, 3.8) is 0 Å². The summed E-state index contributed by atoms with van der Waals surface area (Å²) in [5.74, 6) is -0.763. The van der Waals surface area contributed by atoms with E-state index in [2.05, 4.69) is 26.4 Å². The summed E-state index contributed by atoms with van der Waals surface area (Å²) in [6, 6.07) is 10.0. The van der Waals surface area contributed by atoms with Crippen LogP contribution in [0.2, 0.25) is 0 Å². The molecule has 0 saturated heterocycles. The summed E-state index contributed by atoms with van der Waals surface area (Å²) in [6.45, 7) is 5.32. The number of hydrogen-bond donors (Lipinski definition) is 2. The molecule has 0 radical (unpaired) electrons. The van der Waals surface area contributed by atoms with Crippen LogP contribution in [0.25, 0.3) is 0 Å². The fourth-order valence-electron chi connectivity index (χ4n) is 2.86. The second-order valence-corrected chi connectivity index (χ2v) is 7.88. The van der Waals surface area contributed by atoms with Crippen molar-refractivity contribution in [3.8, 4) is 0 Å². The normalized spacial score (nSPS) is 12.1. The maximum Gasteiger partial charge on any atom is 0.261 e. The van der Waals surface area contributed by atoms with Crippen molar-refractivity contribution < 1.29 is 17.2 Å². The van der Waals surface area contributed by atoms with Crippen LogP contribution in [-0.2, 0) is 10.0 Å². The molecular formula is C20H18F2N4O2S. The molecule has 0 fully saturated rings. The third-order valence-electron chi connectivity index (χ3n) is 4.17. The highest BCUT2D eigenvalue weighted by molar-refractivity contribution is 7.92. The number of aromatic amines is 1. The first-order valence-corrected chi connectivity index (χ1v) is 9.95. The van der Waals surface area contributed by atoms with E-state index in [0.29, 0.717) is 17.1 Å². The third kappa shape index (κ3) is 4.24. The fourth-order valence-corrected chi connectivity index (χ4v) is 3.91. The van der Waals surface area contributed by atoms with Gasteiger partial charge in [-0.3, -0.25) is 9.71 Å². The van der Waals surface area contributed by atoms with Gasteiger partial charge in [0.2, 0.25) is 0 Å². The smallest absolute Gasteiger partial charge is 0.261 e. The number of aryl methyl sites for hydroxylation is 1. The van der Waals surface area contributed by atoms with E-state index < -0.39 is 21.7 Å². The number of rotatable bonds is 6. The minimum Gasteiger partial charge on any atom is -0.344 e. The lowest BCUT2D eigenvalue weighted by Gasteiger charge is -2.11. The van der Waals surface area contributed by atoms with Gasteiger partial charge in [-0.05, 0) is 62.2 Å². The molecule has 0 aliphatic rings. The molecule has 1 heterocycles. The van der Waals surface area contributed by atoms with Gasteiger partial charge >= 0.3 is 0 Å². The number of aliphatic imine (C=N–C) groups is 2. The van der Waals surface area contributed by atoms with Crippen LogP contribution in [0.15, 0.2) is 63.4 Å². The average Bonchev–Trinajstić information content (AvgIpc) is 3.04. The number of aromatic nitrogens is 1. The number of nitrogens with zero attached hydrogens (tertiary/aromatic N) is 2. The van der Waals surface area contributed by atoms with Gasteiger partial charge in [-0.25, -0.2) is 22.2 Å². The van der Waals surface area contributed by atoms with Gasteiger partial charge in [0.1, 0.15) is 17.5 Å². The van der Waals surface area contributed by atoms with E-state index in [4.69, 9.17) is 0 Å². The lowest BCUT2D eigenvalue weighted by atomic mass is 10.0. The highest BCUT2D eigenvalue weighted by Crippen LogP contribution is 2.26. The Balaban J connectivity index is 1.94. The second-order valence-electron chi connectivity index (χ2n) is 6.20. The molecule has 150 valence electrons. The fraction of sp³-hybridized carbons (Fsp3) is 0.100. The van der Waals surface area contributed by atoms with Crippen molar-refractivity contribution in [2.75, 3.05) is 11.8 Å². The Morgan fingerprint density at radius 1 is 1.07 bits per heavy atom. The van der Waals surface area contributed by atoms with Crippen LogP contribution >= 0.6 is 0 Å². The zero-order valence-corrected chi connectivity index (χ0v) is 16.5. The Morgan fingerprint density at radius 3 is 2.34 bits per heavy atom. The zero-order valence-electron chi connectivity index (χ0n) is 15.7. The van der Waals surface area contributed by atoms with E-state index in [-0.39, 0.29) is 16.1 Å². The standard InChI is InChI=1S/C20H18F2N4O2S/c1-12-10-17(20(24-3)25-12)19(23-2)16-9-6-14(11-18(16)22)26-29(27,28)15-7-4-13(21)5-8-15/h4-11,25-26H,3H2,1-2H3. The van der Waals surface area contributed by atoms with Gasteiger partial charge in [0.25, 0.3) is 10.0 Å². The highest BCUT2D eigenvalue weighted by atomic mass is 32.2. The summed E-state index contributed by atoms with van der Waals surface area (Å²) in [5.41, 5.74) is 1.95. The average molecular weight is 416 g/mol. The molecule has 9 heteroatoms.